The molecule has 8 heteroatoms. The van der Waals surface area contributed by atoms with Gasteiger partial charge in [-0.1, -0.05) is 12.1 Å². The zero-order chi connectivity index (χ0) is 18.9. The summed E-state index contributed by atoms with van der Waals surface area (Å²) in [5, 5.41) is 6.47. The van der Waals surface area contributed by atoms with Crippen LogP contribution in [0, 0.1) is 5.41 Å². The zero-order valence-corrected chi connectivity index (χ0v) is 16.4. The minimum atomic E-state index is -0.524. The van der Waals surface area contributed by atoms with Gasteiger partial charge in [0.05, 0.1) is 6.54 Å². The SMILES string of the molecule is Cl.O=C(NCC(=O)N1CCC2(CCNC2)CC1)c1c[nH]c2ccccc2c1=O. The van der Waals surface area contributed by atoms with Gasteiger partial charge >= 0.3 is 0 Å². The second-order valence-corrected chi connectivity index (χ2v) is 7.57. The fourth-order valence-electron chi connectivity index (χ4n) is 4.15. The molecule has 3 heterocycles. The van der Waals surface area contributed by atoms with Gasteiger partial charge in [-0.25, -0.2) is 0 Å². The van der Waals surface area contributed by atoms with Gasteiger partial charge in [0.25, 0.3) is 5.91 Å². The van der Waals surface area contributed by atoms with Crippen LogP contribution in [0.2, 0.25) is 0 Å². The van der Waals surface area contributed by atoms with E-state index < -0.39 is 5.91 Å². The van der Waals surface area contributed by atoms with Crippen molar-refractivity contribution in [3.8, 4) is 0 Å². The average Bonchev–Trinajstić information content (AvgIpc) is 3.15. The molecule has 0 bridgehead atoms. The average molecular weight is 405 g/mol. The molecule has 2 aliphatic heterocycles. The number of pyridine rings is 1. The van der Waals surface area contributed by atoms with E-state index in [1.54, 1.807) is 18.2 Å². The number of carbonyl (C=O) groups is 2. The maximum absolute atomic E-state index is 12.5. The Morgan fingerprint density at radius 1 is 1.14 bits per heavy atom. The number of carbonyl (C=O) groups excluding carboxylic acids is 2. The van der Waals surface area contributed by atoms with Gasteiger partial charge in [0, 0.05) is 36.7 Å². The van der Waals surface area contributed by atoms with Crippen molar-refractivity contribution in [3.05, 3.63) is 46.2 Å². The van der Waals surface area contributed by atoms with Crippen molar-refractivity contribution in [1.29, 1.82) is 0 Å². The summed E-state index contributed by atoms with van der Waals surface area (Å²) in [6.45, 7) is 3.47. The van der Waals surface area contributed by atoms with Crippen LogP contribution in [0.25, 0.3) is 10.9 Å². The number of amides is 2. The molecule has 150 valence electrons. The van der Waals surface area contributed by atoms with Crippen LogP contribution < -0.4 is 16.1 Å². The molecular weight excluding hydrogens is 380 g/mol. The van der Waals surface area contributed by atoms with Crippen molar-refractivity contribution in [2.45, 2.75) is 19.3 Å². The lowest BCUT2D eigenvalue weighted by atomic mass is 9.78. The van der Waals surface area contributed by atoms with Gasteiger partial charge in [-0.2, -0.15) is 0 Å². The van der Waals surface area contributed by atoms with Crippen molar-refractivity contribution in [2.24, 2.45) is 5.41 Å². The van der Waals surface area contributed by atoms with Crippen molar-refractivity contribution >= 4 is 35.1 Å². The van der Waals surface area contributed by atoms with Gasteiger partial charge in [-0.15, -0.1) is 12.4 Å². The molecule has 7 nitrogen and oxygen atoms in total. The van der Waals surface area contributed by atoms with Gasteiger partial charge in [0.15, 0.2) is 0 Å². The third-order valence-corrected chi connectivity index (χ3v) is 5.94. The Morgan fingerprint density at radius 2 is 1.89 bits per heavy atom. The van der Waals surface area contributed by atoms with Crippen molar-refractivity contribution in [2.75, 3.05) is 32.7 Å². The maximum atomic E-state index is 12.5. The van der Waals surface area contributed by atoms with Crippen LogP contribution in [0.15, 0.2) is 35.3 Å². The van der Waals surface area contributed by atoms with Gasteiger partial charge in [-0.05, 0) is 43.4 Å². The molecule has 1 aromatic heterocycles. The fraction of sp³-hybridized carbons (Fsp3) is 0.450. The Morgan fingerprint density at radius 3 is 2.61 bits per heavy atom. The Kier molecular flexibility index (Phi) is 6.05. The van der Waals surface area contributed by atoms with E-state index in [0.29, 0.717) is 16.3 Å². The van der Waals surface area contributed by atoms with Crippen LogP contribution in [0.4, 0.5) is 0 Å². The normalized spacial score (nSPS) is 18.1. The molecule has 0 saturated carbocycles. The predicted molar refractivity (Wildman–Crippen MR) is 110 cm³/mol. The Bertz CT molecular complexity index is 926. The smallest absolute Gasteiger partial charge is 0.257 e. The van der Waals surface area contributed by atoms with E-state index in [4.69, 9.17) is 0 Å². The van der Waals surface area contributed by atoms with E-state index in [-0.39, 0.29) is 35.9 Å². The highest BCUT2D eigenvalue weighted by Crippen LogP contribution is 2.36. The molecule has 1 aromatic carbocycles. The van der Waals surface area contributed by atoms with E-state index in [1.807, 2.05) is 11.0 Å². The summed E-state index contributed by atoms with van der Waals surface area (Å²) < 4.78 is 0. The largest absolute Gasteiger partial charge is 0.360 e. The summed E-state index contributed by atoms with van der Waals surface area (Å²) in [5.41, 5.74) is 0.719. The number of benzene rings is 1. The van der Waals surface area contributed by atoms with Crippen LogP contribution in [0.3, 0.4) is 0 Å². The van der Waals surface area contributed by atoms with E-state index >= 15 is 0 Å². The summed E-state index contributed by atoms with van der Waals surface area (Å²) >= 11 is 0. The minimum absolute atomic E-state index is 0. The highest BCUT2D eigenvalue weighted by molar-refractivity contribution is 5.98. The molecule has 1 spiro atoms. The highest BCUT2D eigenvalue weighted by atomic mass is 35.5. The Hall–Kier alpha value is -2.38. The van der Waals surface area contributed by atoms with Crippen LogP contribution in [-0.2, 0) is 4.79 Å². The third-order valence-electron chi connectivity index (χ3n) is 5.94. The van der Waals surface area contributed by atoms with E-state index in [2.05, 4.69) is 15.6 Å². The van der Waals surface area contributed by atoms with Crippen LogP contribution in [0.1, 0.15) is 29.6 Å². The molecule has 2 saturated heterocycles. The number of H-pyrrole nitrogens is 1. The summed E-state index contributed by atoms with van der Waals surface area (Å²) in [5.74, 6) is -0.620. The number of halogens is 1. The lowest BCUT2D eigenvalue weighted by molar-refractivity contribution is -0.132. The first-order valence-corrected chi connectivity index (χ1v) is 9.45. The highest BCUT2D eigenvalue weighted by Gasteiger charge is 2.37. The molecular formula is C20H25ClN4O3. The molecule has 0 atom stereocenters. The fourth-order valence-corrected chi connectivity index (χ4v) is 4.15. The number of nitrogens with zero attached hydrogens (tertiary/aromatic N) is 1. The third kappa shape index (κ3) is 3.91. The number of likely N-dealkylation sites (tertiary alicyclic amines) is 1. The second-order valence-electron chi connectivity index (χ2n) is 7.57. The van der Waals surface area contributed by atoms with Gasteiger partial charge in [0.2, 0.25) is 11.3 Å². The Labute approximate surface area is 169 Å². The van der Waals surface area contributed by atoms with Crippen molar-refractivity contribution in [1.82, 2.24) is 20.5 Å². The number of rotatable bonds is 3. The van der Waals surface area contributed by atoms with Crippen LogP contribution in [-0.4, -0.2) is 54.4 Å². The number of hydrogen-bond donors (Lipinski definition) is 3. The number of aromatic amines is 1. The van der Waals surface area contributed by atoms with Gasteiger partial charge < -0.3 is 20.5 Å². The summed E-state index contributed by atoms with van der Waals surface area (Å²) in [6, 6.07) is 7.04. The number of hydrogen-bond acceptors (Lipinski definition) is 4. The molecule has 0 aliphatic carbocycles. The first-order chi connectivity index (χ1) is 13.1. The molecule has 2 amide bonds. The van der Waals surface area contributed by atoms with Crippen LogP contribution in [0.5, 0.6) is 0 Å². The lowest BCUT2D eigenvalue weighted by Gasteiger charge is -2.38. The Balaban J connectivity index is 0.00000225. The number of para-hydroxylation sites is 1. The van der Waals surface area contributed by atoms with Crippen molar-refractivity contribution < 1.29 is 9.59 Å². The van der Waals surface area contributed by atoms with Gasteiger partial charge in [-0.3, -0.25) is 14.4 Å². The standard InChI is InChI=1S/C20H24N4O3.ClH/c25-17(24-9-6-20(7-10-24)5-8-21-13-20)12-23-19(27)15-11-22-16-4-2-1-3-14(16)18(15)26;/h1-4,11,21H,5-10,12-13H2,(H,22,26)(H,23,27);1H. The van der Waals surface area contributed by atoms with E-state index in [9.17, 15) is 14.4 Å². The first-order valence-electron chi connectivity index (χ1n) is 9.45. The number of aromatic nitrogens is 1. The maximum Gasteiger partial charge on any atom is 0.257 e. The molecule has 2 aliphatic rings. The zero-order valence-electron chi connectivity index (χ0n) is 15.6. The molecule has 0 radical (unpaired) electrons. The first kappa shape index (κ1) is 20.4. The van der Waals surface area contributed by atoms with E-state index in [0.717, 1.165) is 39.0 Å². The summed E-state index contributed by atoms with van der Waals surface area (Å²) in [4.78, 5) is 42.1. The predicted octanol–water partition coefficient (Wildman–Crippen LogP) is 1.28. The number of fused-ring (bicyclic) bond motifs is 1. The monoisotopic (exact) mass is 404 g/mol. The second kappa shape index (κ2) is 8.32. The summed E-state index contributed by atoms with van der Waals surface area (Å²) in [6.07, 6.45) is 4.59. The molecule has 3 N–H and O–H groups in total. The van der Waals surface area contributed by atoms with Gasteiger partial charge in [0.1, 0.15) is 5.56 Å². The number of piperidine rings is 1. The molecule has 4 rings (SSSR count). The molecule has 2 aromatic rings. The quantitative estimate of drug-likeness (QED) is 0.718. The topological polar surface area (TPSA) is 94.3 Å². The van der Waals surface area contributed by atoms with E-state index in [1.165, 1.54) is 12.6 Å². The number of nitrogens with one attached hydrogen (secondary N) is 3. The summed E-state index contributed by atoms with van der Waals surface area (Å²) in [7, 11) is 0. The van der Waals surface area contributed by atoms with Crippen molar-refractivity contribution in [3.63, 3.8) is 0 Å². The minimum Gasteiger partial charge on any atom is -0.360 e. The van der Waals surface area contributed by atoms with Crippen LogP contribution >= 0.6 is 12.4 Å². The molecule has 28 heavy (non-hydrogen) atoms. The lowest BCUT2D eigenvalue weighted by Crippen LogP contribution is -2.47. The molecule has 2 fully saturated rings. The molecule has 0 unspecified atom stereocenters.